The van der Waals surface area contributed by atoms with Crippen LogP contribution in [0.3, 0.4) is 0 Å². The van der Waals surface area contributed by atoms with Gasteiger partial charge in [-0.25, -0.2) is 0 Å². The van der Waals surface area contributed by atoms with Crippen LogP contribution in [0.1, 0.15) is 29.3 Å². The third-order valence-electron chi connectivity index (χ3n) is 3.40. The average molecular weight is 297 g/mol. The van der Waals surface area contributed by atoms with Crippen molar-refractivity contribution in [3.63, 3.8) is 0 Å². The first-order chi connectivity index (χ1) is 9.91. The van der Waals surface area contributed by atoms with E-state index in [0.717, 1.165) is 23.9 Å². The van der Waals surface area contributed by atoms with Crippen LogP contribution in [-0.4, -0.2) is 9.78 Å². The van der Waals surface area contributed by atoms with Gasteiger partial charge in [-0.15, -0.1) is 0 Å². The summed E-state index contributed by atoms with van der Waals surface area (Å²) in [5.41, 5.74) is 2.14. The quantitative estimate of drug-likeness (QED) is 0.915. The molecular weight excluding hydrogens is 279 g/mol. The van der Waals surface area contributed by atoms with E-state index in [1.54, 1.807) is 12.3 Å². The average Bonchev–Trinajstić information content (AvgIpc) is 2.79. The molecule has 0 saturated heterocycles. The second-order valence-electron chi connectivity index (χ2n) is 4.87. The van der Waals surface area contributed by atoms with Crippen molar-refractivity contribution in [1.29, 1.82) is 0 Å². The van der Waals surface area contributed by atoms with Gasteiger partial charge in [0.2, 0.25) is 0 Å². The number of rotatable bonds is 5. The van der Waals surface area contributed by atoms with E-state index in [1.807, 2.05) is 18.5 Å². The second-order valence-corrected chi connectivity index (χ2v) is 4.87. The highest BCUT2D eigenvalue weighted by Gasteiger charge is 2.30. The molecule has 0 aliphatic rings. The predicted molar refractivity (Wildman–Crippen MR) is 74.6 cm³/mol. The molecule has 0 fully saturated rings. The highest BCUT2D eigenvalue weighted by Crippen LogP contribution is 2.29. The lowest BCUT2D eigenvalue weighted by molar-refractivity contribution is -0.137. The molecule has 3 nitrogen and oxygen atoms in total. The highest BCUT2D eigenvalue weighted by molar-refractivity contribution is 5.25. The summed E-state index contributed by atoms with van der Waals surface area (Å²) in [5.74, 6) is 0. The number of hydrogen-bond donors (Lipinski definition) is 1. The van der Waals surface area contributed by atoms with Crippen molar-refractivity contribution >= 4 is 0 Å². The predicted octanol–water partition coefficient (Wildman–Crippen LogP) is 3.52. The van der Waals surface area contributed by atoms with Crippen molar-refractivity contribution in [1.82, 2.24) is 15.1 Å². The van der Waals surface area contributed by atoms with Gasteiger partial charge in [-0.1, -0.05) is 18.2 Å². The van der Waals surface area contributed by atoms with E-state index in [4.69, 9.17) is 0 Å². The Morgan fingerprint density at radius 2 is 2.00 bits per heavy atom. The Bertz CT molecular complexity index is 602. The second kappa shape index (κ2) is 6.30. The van der Waals surface area contributed by atoms with Gasteiger partial charge in [0.15, 0.2) is 0 Å². The van der Waals surface area contributed by atoms with Gasteiger partial charge in [0, 0.05) is 30.9 Å². The Labute approximate surface area is 121 Å². The monoisotopic (exact) mass is 297 g/mol. The van der Waals surface area contributed by atoms with Crippen molar-refractivity contribution in [3.05, 3.63) is 52.8 Å². The molecule has 0 atom stereocenters. The maximum atomic E-state index is 12.6. The van der Waals surface area contributed by atoms with Crippen LogP contribution < -0.4 is 5.32 Å². The topological polar surface area (TPSA) is 29.9 Å². The van der Waals surface area contributed by atoms with Crippen molar-refractivity contribution in [2.45, 2.75) is 39.7 Å². The Morgan fingerprint density at radius 1 is 1.24 bits per heavy atom. The largest absolute Gasteiger partial charge is 0.416 e. The van der Waals surface area contributed by atoms with E-state index < -0.39 is 11.7 Å². The molecule has 6 heteroatoms. The molecule has 0 bridgehead atoms. The van der Waals surface area contributed by atoms with Crippen LogP contribution in [0.5, 0.6) is 0 Å². The Kier molecular flexibility index (Phi) is 4.67. The zero-order valence-electron chi connectivity index (χ0n) is 12.0. The molecule has 2 rings (SSSR count). The molecule has 0 spiro atoms. The fourth-order valence-corrected chi connectivity index (χ4v) is 2.18. The van der Waals surface area contributed by atoms with Crippen molar-refractivity contribution in [2.24, 2.45) is 0 Å². The molecule has 1 aromatic heterocycles. The van der Waals surface area contributed by atoms with Gasteiger partial charge >= 0.3 is 6.18 Å². The Balaban J connectivity index is 1.96. The van der Waals surface area contributed by atoms with Crippen LogP contribution in [0, 0.1) is 6.92 Å². The molecule has 0 unspecified atom stereocenters. The summed E-state index contributed by atoms with van der Waals surface area (Å²) >= 11 is 0. The first-order valence-corrected chi connectivity index (χ1v) is 6.80. The molecule has 2 aromatic rings. The van der Waals surface area contributed by atoms with Gasteiger partial charge in [0.25, 0.3) is 0 Å². The number of alkyl halides is 3. The molecule has 0 aliphatic heterocycles. The lowest BCUT2D eigenvalue weighted by Crippen LogP contribution is -2.14. The number of benzene rings is 1. The lowest BCUT2D eigenvalue weighted by Gasteiger charge is -2.09. The molecule has 0 amide bonds. The number of halogens is 3. The van der Waals surface area contributed by atoms with Gasteiger partial charge in [-0.3, -0.25) is 4.68 Å². The molecule has 0 saturated carbocycles. The summed E-state index contributed by atoms with van der Waals surface area (Å²) in [5, 5.41) is 7.39. The van der Waals surface area contributed by atoms with E-state index in [-0.39, 0.29) is 0 Å². The van der Waals surface area contributed by atoms with Crippen LogP contribution in [0.25, 0.3) is 0 Å². The molecule has 1 N–H and O–H groups in total. The van der Waals surface area contributed by atoms with Crippen LogP contribution in [0.2, 0.25) is 0 Å². The maximum absolute atomic E-state index is 12.6. The van der Waals surface area contributed by atoms with Gasteiger partial charge in [-0.2, -0.15) is 18.3 Å². The van der Waals surface area contributed by atoms with E-state index in [0.29, 0.717) is 18.7 Å². The Morgan fingerprint density at radius 3 is 2.62 bits per heavy atom. The molecule has 21 heavy (non-hydrogen) atoms. The lowest BCUT2D eigenvalue weighted by atomic mass is 10.1. The van der Waals surface area contributed by atoms with Gasteiger partial charge in [0.05, 0.1) is 11.8 Å². The first kappa shape index (κ1) is 15.6. The smallest absolute Gasteiger partial charge is 0.308 e. The molecule has 0 aliphatic carbocycles. The van der Waals surface area contributed by atoms with Gasteiger partial charge < -0.3 is 5.32 Å². The number of aromatic nitrogens is 2. The zero-order chi connectivity index (χ0) is 15.5. The summed E-state index contributed by atoms with van der Waals surface area (Å²) < 4.78 is 39.7. The standard InChI is InChI=1S/C15H18F3N3/c1-3-21-11(2)13(10-20-21)9-19-8-12-5-4-6-14(7-12)15(16,17)18/h4-7,10,19H,3,8-9H2,1-2H3. The molecule has 1 aromatic carbocycles. The Hall–Kier alpha value is -1.82. The van der Waals surface area contributed by atoms with Crippen LogP contribution in [0.15, 0.2) is 30.5 Å². The fourth-order valence-electron chi connectivity index (χ4n) is 2.18. The summed E-state index contributed by atoms with van der Waals surface area (Å²) in [6.07, 6.45) is -2.51. The summed E-state index contributed by atoms with van der Waals surface area (Å²) in [6, 6.07) is 5.37. The van der Waals surface area contributed by atoms with Gasteiger partial charge in [0.1, 0.15) is 0 Å². The third-order valence-corrected chi connectivity index (χ3v) is 3.40. The summed E-state index contributed by atoms with van der Waals surface area (Å²) in [4.78, 5) is 0. The van der Waals surface area contributed by atoms with Crippen molar-refractivity contribution in [3.8, 4) is 0 Å². The molecule has 114 valence electrons. The maximum Gasteiger partial charge on any atom is 0.416 e. The van der Waals surface area contributed by atoms with E-state index in [9.17, 15) is 13.2 Å². The zero-order valence-corrected chi connectivity index (χ0v) is 12.0. The fraction of sp³-hybridized carbons (Fsp3) is 0.400. The number of nitrogens with zero attached hydrogens (tertiary/aromatic N) is 2. The molecule has 0 radical (unpaired) electrons. The SMILES string of the molecule is CCn1ncc(CNCc2cccc(C(F)(F)F)c2)c1C. The van der Waals surface area contributed by atoms with E-state index in [2.05, 4.69) is 10.4 Å². The van der Waals surface area contributed by atoms with Crippen LogP contribution in [-0.2, 0) is 25.8 Å². The number of hydrogen-bond acceptors (Lipinski definition) is 2. The highest BCUT2D eigenvalue weighted by atomic mass is 19.4. The number of aryl methyl sites for hydroxylation is 1. The minimum atomic E-state index is -4.30. The number of nitrogens with one attached hydrogen (secondary N) is 1. The minimum absolute atomic E-state index is 0.390. The van der Waals surface area contributed by atoms with Crippen LogP contribution >= 0.6 is 0 Å². The normalized spacial score (nSPS) is 11.9. The molecule has 1 heterocycles. The van der Waals surface area contributed by atoms with Crippen LogP contribution in [0.4, 0.5) is 13.2 Å². The molecular formula is C15H18F3N3. The first-order valence-electron chi connectivity index (χ1n) is 6.80. The minimum Gasteiger partial charge on any atom is -0.308 e. The van der Waals surface area contributed by atoms with Crippen molar-refractivity contribution < 1.29 is 13.2 Å². The van der Waals surface area contributed by atoms with E-state index in [1.165, 1.54) is 12.1 Å². The van der Waals surface area contributed by atoms with E-state index >= 15 is 0 Å². The summed E-state index contributed by atoms with van der Waals surface area (Å²) in [6.45, 7) is 5.78. The summed E-state index contributed by atoms with van der Waals surface area (Å²) in [7, 11) is 0. The van der Waals surface area contributed by atoms with Crippen molar-refractivity contribution in [2.75, 3.05) is 0 Å². The third kappa shape index (κ3) is 3.85. The van der Waals surface area contributed by atoms with Gasteiger partial charge in [-0.05, 0) is 25.5 Å².